The summed E-state index contributed by atoms with van der Waals surface area (Å²) < 4.78 is 0. The van der Waals surface area contributed by atoms with Gasteiger partial charge in [0.2, 0.25) is 5.91 Å². The van der Waals surface area contributed by atoms with Crippen LogP contribution in [0.2, 0.25) is 0 Å². The zero-order valence-corrected chi connectivity index (χ0v) is 23.0. The second-order valence-electron chi connectivity index (χ2n) is 10.2. The van der Waals surface area contributed by atoms with Gasteiger partial charge in [-0.3, -0.25) is 9.69 Å². The summed E-state index contributed by atoms with van der Waals surface area (Å²) in [5.41, 5.74) is 0. The van der Waals surface area contributed by atoms with E-state index in [9.17, 15) is 4.79 Å². The fraction of sp³-hybridized carbons (Fsp3) is 0.406. The van der Waals surface area contributed by atoms with Crippen LogP contribution in [0.25, 0.3) is 0 Å². The molecule has 1 saturated heterocycles. The lowest BCUT2D eigenvalue weighted by atomic mass is 10.1. The van der Waals surface area contributed by atoms with E-state index in [4.69, 9.17) is 0 Å². The van der Waals surface area contributed by atoms with Gasteiger partial charge in [-0.05, 0) is 69.5 Å². The lowest BCUT2D eigenvalue weighted by molar-refractivity contribution is -0.133. The van der Waals surface area contributed by atoms with Crippen molar-refractivity contribution in [1.29, 1.82) is 0 Å². The number of rotatable bonds is 11. The fourth-order valence-corrected chi connectivity index (χ4v) is 9.92. The van der Waals surface area contributed by atoms with Crippen LogP contribution in [-0.4, -0.2) is 54.1 Å². The highest BCUT2D eigenvalue weighted by atomic mass is 31.2. The zero-order valence-electron chi connectivity index (χ0n) is 22.1. The first-order chi connectivity index (χ1) is 17.6. The number of hydrogen-bond donors (Lipinski definition) is 0. The fourth-order valence-electron chi connectivity index (χ4n) is 5.51. The molecule has 0 unspecified atom stereocenters. The molecule has 3 nitrogen and oxygen atoms in total. The number of benzene rings is 3. The van der Waals surface area contributed by atoms with Crippen molar-refractivity contribution < 1.29 is 4.79 Å². The molecular weight excluding hydrogens is 459 g/mol. The predicted octanol–water partition coefficient (Wildman–Crippen LogP) is 5.48. The molecule has 4 rings (SSSR count). The average Bonchev–Trinajstić information content (AvgIpc) is 2.94. The van der Waals surface area contributed by atoms with E-state index in [1.807, 2.05) is 0 Å². The van der Waals surface area contributed by atoms with Crippen LogP contribution in [0, 0.1) is 0 Å². The van der Waals surface area contributed by atoms with Gasteiger partial charge in [0, 0.05) is 38.6 Å². The van der Waals surface area contributed by atoms with Crippen LogP contribution in [0.1, 0.15) is 46.0 Å². The van der Waals surface area contributed by atoms with Gasteiger partial charge in [0.05, 0.1) is 6.16 Å². The van der Waals surface area contributed by atoms with Gasteiger partial charge >= 0.3 is 0 Å². The van der Waals surface area contributed by atoms with Gasteiger partial charge in [-0.25, -0.2) is 0 Å². The number of hydrogen-bond acceptors (Lipinski definition) is 2. The minimum atomic E-state index is -1.74. The van der Waals surface area contributed by atoms with Crippen LogP contribution in [0.15, 0.2) is 91.0 Å². The van der Waals surface area contributed by atoms with Crippen molar-refractivity contribution >= 4 is 29.1 Å². The highest BCUT2D eigenvalue weighted by molar-refractivity contribution is 7.95. The Morgan fingerprint density at radius 3 is 1.56 bits per heavy atom. The molecule has 0 saturated carbocycles. The highest BCUT2D eigenvalue weighted by Crippen LogP contribution is 2.56. The van der Waals surface area contributed by atoms with Crippen LogP contribution in [-0.2, 0) is 4.79 Å². The molecule has 0 atom stereocenters. The minimum absolute atomic E-state index is 0.345. The largest absolute Gasteiger partial charge is 0.340 e. The lowest BCUT2D eigenvalue weighted by Crippen LogP contribution is -2.50. The Bertz CT molecular complexity index is 951. The monoisotopic (exact) mass is 501 g/mol. The van der Waals surface area contributed by atoms with Crippen LogP contribution >= 0.6 is 7.26 Å². The van der Waals surface area contributed by atoms with Gasteiger partial charge in [0.25, 0.3) is 0 Å². The Morgan fingerprint density at radius 2 is 1.11 bits per heavy atom. The second kappa shape index (κ2) is 13.2. The molecule has 1 amide bonds. The molecule has 1 aliphatic heterocycles. The van der Waals surface area contributed by atoms with Crippen LogP contribution in [0.4, 0.5) is 0 Å². The quantitative estimate of drug-likeness (QED) is 0.256. The summed E-state index contributed by atoms with van der Waals surface area (Å²) in [4.78, 5) is 17.3. The van der Waals surface area contributed by atoms with Crippen LogP contribution < -0.4 is 15.9 Å². The summed E-state index contributed by atoms with van der Waals surface area (Å²) in [5.74, 6) is 0.345. The maximum atomic E-state index is 12.7. The van der Waals surface area contributed by atoms with E-state index in [-0.39, 0.29) is 0 Å². The van der Waals surface area contributed by atoms with Gasteiger partial charge in [0.15, 0.2) is 0 Å². The number of nitrogens with zero attached hydrogens (tertiary/aromatic N) is 2. The van der Waals surface area contributed by atoms with Crippen molar-refractivity contribution in [2.75, 3.05) is 32.3 Å². The van der Waals surface area contributed by atoms with Crippen molar-refractivity contribution in [3.05, 3.63) is 91.0 Å². The molecule has 0 spiro atoms. The topological polar surface area (TPSA) is 23.6 Å². The molecule has 3 aromatic rings. The standard InChI is InChI=1S/C32H42N2OP/c1-28(2)33-23-25-34(26-24-33)32(35)22-14-3-4-15-27-36(29-16-8-5-9-17-29,30-18-10-6-11-19-30)31-20-12-7-13-21-31/h5-13,16-21,28H,3-4,14-15,22-27H2,1-2H3/q+1. The van der Waals surface area contributed by atoms with E-state index in [1.165, 1.54) is 28.8 Å². The maximum absolute atomic E-state index is 12.7. The summed E-state index contributed by atoms with van der Waals surface area (Å²) >= 11 is 0. The number of carbonyl (C=O) groups excluding carboxylic acids is 1. The zero-order chi connectivity index (χ0) is 25.2. The van der Waals surface area contributed by atoms with E-state index in [0.29, 0.717) is 18.4 Å². The van der Waals surface area contributed by atoms with E-state index >= 15 is 0 Å². The third-order valence-corrected chi connectivity index (χ3v) is 12.1. The smallest absolute Gasteiger partial charge is 0.222 e. The van der Waals surface area contributed by atoms with E-state index < -0.39 is 7.26 Å². The summed E-state index contributed by atoms with van der Waals surface area (Å²) in [6.07, 6.45) is 6.32. The van der Waals surface area contributed by atoms with E-state index in [2.05, 4.69) is 115 Å². The Kier molecular flexibility index (Phi) is 9.73. The molecule has 0 aliphatic carbocycles. The molecule has 3 aromatic carbocycles. The second-order valence-corrected chi connectivity index (χ2v) is 13.8. The summed E-state index contributed by atoms with van der Waals surface area (Å²) in [7, 11) is -1.74. The van der Waals surface area contributed by atoms with Crippen LogP contribution in [0.3, 0.4) is 0 Å². The molecular formula is C32H42N2OP+. The van der Waals surface area contributed by atoms with E-state index in [0.717, 1.165) is 45.2 Å². The van der Waals surface area contributed by atoms with E-state index in [1.54, 1.807) is 0 Å². The molecule has 1 heterocycles. The highest BCUT2D eigenvalue weighted by Gasteiger charge is 2.44. The molecule has 4 heteroatoms. The summed E-state index contributed by atoms with van der Waals surface area (Å²) in [6, 6.07) is 34.0. The number of carbonyl (C=O) groups is 1. The van der Waals surface area contributed by atoms with Gasteiger partial charge in [-0.1, -0.05) is 61.0 Å². The first-order valence-corrected chi connectivity index (χ1v) is 15.7. The van der Waals surface area contributed by atoms with Crippen molar-refractivity contribution in [1.82, 2.24) is 9.80 Å². The minimum Gasteiger partial charge on any atom is -0.340 e. The van der Waals surface area contributed by atoms with Crippen molar-refractivity contribution in [2.24, 2.45) is 0 Å². The SMILES string of the molecule is CC(C)N1CCN(C(=O)CCCCCC[P+](c2ccccc2)(c2ccccc2)c2ccccc2)CC1. The van der Waals surface area contributed by atoms with Gasteiger partial charge in [-0.15, -0.1) is 0 Å². The first kappa shape index (κ1) is 26.6. The molecule has 1 aliphatic rings. The molecule has 190 valence electrons. The van der Waals surface area contributed by atoms with Gasteiger partial charge < -0.3 is 4.90 Å². The lowest BCUT2D eigenvalue weighted by Gasteiger charge is -2.37. The normalized spacial score (nSPS) is 14.8. The number of amides is 1. The van der Waals surface area contributed by atoms with Gasteiger partial charge in [-0.2, -0.15) is 0 Å². The first-order valence-electron chi connectivity index (χ1n) is 13.7. The molecule has 0 aromatic heterocycles. The maximum Gasteiger partial charge on any atom is 0.222 e. The molecule has 0 radical (unpaired) electrons. The summed E-state index contributed by atoms with van der Waals surface area (Å²) in [6.45, 7) is 8.26. The molecule has 0 N–H and O–H groups in total. The van der Waals surface area contributed by atoms with Gasteiger partial charge in [0.1, 0.15) is 23.2 Å². The third-order valence-electron chi connectivity index (χ3n) is 7.62. The van der Waals surface area contributed by atoms with Crippen molar-refractivity contribution in [3.63, 3.8) is 0 Å². The number of piperazine rings is 1. The Morgan fingerprint density at radius 1 is 0.667 bits per heavy atom. The molecule has 36 heavy (non-hydrogen) atoms. The summed E-state index contributed by atoms with van der Waals surface area (Å²) in [5, 5.41) is 4.37. The van der Waals surface area contributed by atoms with Crippen molar-refractivity contribution in [2.45, 2.75) is 52.0 Å². The Labute approximate surface area is 218 Å². The Hall–Kier alpha value is -2.48. The average molecular weight is 502 g/mol. The Balaban J connectivity index is 1.37. The molecule has 1 fully saturated rings. The third kappa shape index (κ3) is 6.44. The van der Waals surface area contributed by atoms with Crippen LogP contribution in [0.5, 0.6) is 0 Å². The van der Waals surface area contributed by atoms with Crippen molar-refractivity contribution in [3.8, 4) is 0 Å². The molecule has 0 bridgehead atoms. The number of unbranched alkanes of at least 4 members (excludes halogenated alkanes) is 3. The predicted molar refractivity (Wildman–Crippen MR) is 156 cm³/mol.